The molecule has 2 heterocycles. The van der Waals surface area contributed by atoms with Gasteiger partial charge in [0.1, 0.15) is 16.5 Å². The normalized spacial score (nSPS) is 17.5. The van der Waals surface area contributed by atoms with Crippen LogP contribution in [-0.4, -0.2) is 28.4 Å². The maximum atomic E-state index is 13.0. The first-order chi connectivity index (χ1) is 13.0. The highest BCUT2D eigenvalue weighted by atomic mass is 35.5. The maximum Gasteiger partial charge on any atom is 0.573 e. The highest BCUT2D eigenvalue weighted by molar-refractivity contribution is 7.09. The Morgan fingerprint density at radius 2 is 1.89 bits per heavy atom. The number of halogens is 7. The number of benzene rings is 1. The molecule has 0 aliphatic carbocycles. The van der Waals surface area contributed by atoms with Gasteiger partial charge in [-0.2, -0.15) is 13.2 Å². The number of anilines is 1. The van der Waals surface area contributed by atoms with Gasteiger partial charge in [-0.3, -0.25) is 4.90 Å². The zero-order valence-corrected chi connectivity index (χ0v) is 14.9. The third-order valence-corrected chi connectivity index (χ3v) is 4.28. The van der Waals surface area contributed by atoms with Crippen LogP contribution >= 0.6 is 23.1 Å². The van der Waals surface area contributed by atoms with Crippen molar-refractivity contribution in [2.75, 3.05) is 4.90 Å². The van der Waals surface area contributed by atoms with Crippen LogP contribution in [0.3, 0.4) is 0 Å². The molecule has 1 unspecified atom stereocenters. The van der Waals surface area contributed by atoms with Crippen molar-refractivity contribution in [3.63, 3.8) is 0 Å². The summed E-state index contributed by atoms with van der Waals surface area (Å²) in [6.45, 7) is 0. The van der Waals surface area contributed by atoms with E-state index in [-0.39, 0.29) is 15.8 Å². The van der Waals surface area contributed by atoms with Crippen molar-refractivity contribution in [1.82, 2.24) is 9.59 Å². The van der Waals surface area contributed by atoms with Crippen molar-refractivity contribution in [2.24, 2.45) is 0 Å². The molecule has 3 rings (SSSR count). The molecule has 2 aromatic rings. The average molecular weight is 444 g/mol. The zero-order chi connectivity index (χ0) is 20.5. The number of rotatable bonds is 4. The first-order valence-electron chi connectivity index (χ1n) is 7.28. The highest BCUT2D eigenvalue weighted by Crippen LogP contribution is 2.36. The predicted octanol–water partition coefficient (Wildman–Crippen LogP) is 5.32. The molecular formula is C15H8ClF6N3O2S. The van der Waals surface area contributed by atoms with Gasteiger partial charge >= 0.3 is 12.5 Å². The molecule has 0 N–H and O–H groups in total. The molecule has 13 heteroatoms. The summed E-state index contributed by atoms with van der Waals surface area (Å²) in [4.78, 5) is 1.13. The molecule has 5 nitrogen and oxygen atoms in total. The number of nitrogens with zero attached hydrogens (tertiary/aromatic N) is 3. The van der Waals surface area contributed by atoms with Crippen LogP contribution in [0.15, 0.2) is 48.3 Å². The second-order valence-electron chi connectivity index (χ2n) is 5.25. The van der Waals surface area contributed by atoms with Crippen LogP contribution in [0.5, 0.6) is 11.5 Å². The number of hydrogen-bond acceptors (Lipinski definition) is 6. The number of alkyl halides is 6. The molecule has 0 radical (unpaired) electrons. The van der Waals surface area contributed by atoms with E-state index in [0.717, 1.165) is 53.0 Å². The topological polar surface area (TPSA) is 47.5 Å². The zero-order valence-electron chi connectivity index (χ0n) is 13.3. The lowest BCUT2D eigenvalue weighted by atomic mass is 10.2. The number of ether oxygens (including phenoxy) is 2. The fraction of sp³-hybridized carbons (Fsp3) is 0.200. The van der Waals surface area contributed by atoms with Crippen LogP contribution in [0, 0.1) is 0 Å². The molecule has 1 aliphatic rings. The summed E-state index contributed by atoms with van der Waals surface area (Å²) < 4.78 is 88.8. The third kappa shape index (κ3) is 4.87. The maximum absolute atomic E-state index is 13.0. The van der Waals surface area contributed by atoms with Crippen molar-refractivity contribution in [1.29, 1.82) is 0 Å². The first-order valence-corrected chi connectivity index (χ1v) is 8.43. The van der Waals surface area contributed by atoms with Crippen LogP contribution in [0.2, 0.25) is 5.02 Å². The van der Waals surface area contributed by atoms with Crippen molar-refractivity contribution < 1.29 is 35.8 Å². The predicted molar refractivity (Wildman–Crippen MR) is 88.2 cm³/mol. The molecule has 1 aromatic carbocycles. The molecule has 0 saturated heterocycles. The Labute approximate surface area is 162 Å². The minimum atomic E-state index is -4.90. The lowest BCUT2D eigenvalue weighted by Gasteiger charge is -2.31. The van der Waals surface area contributed by atoms with Crippen molar-refractivity contribution >= 4 is 28.1 Å². The standard InChI is InChI=1S/C15H8ClF6N3O2S/c16-10-5-9(27-15(20,21)22)2-3-11(10)26-12-4-1-8(14(17,18)19)7-25(12)13-6-23-24-28-13/h1-7,12H. The van der Waals surface area contributed by atoms with Gasteiger partial charge in [0.05, 0.1) is 16.8 Å². The molecule has 0 saturated carbocycles. The fourth-order valence-electron chi connectivity index (χ4n) is 2.18. The summed E-state index contributed by atoms with van der Waals surface area (Å²) in [6.07, 6.45) is -6.55. The van der Waals surface area contributed by atoms with E-state index >= 15 is 0 Å². The van der Waals surface area contributed by atoms with E-state index in [1.807, 2.05) is 0 Å². The summed E-state index contributed by atoms with van der Waals surface area (Å²) in [5.74, 6) is -0.621. The van der Waals surface area contributed by atoms with E-state index in [9.17, 15) is 26.3 Å². The molecule has 1 atom stereocenters. The molecule has 0 bridgehead atoms. The summed E-state index contributed by atoms with van der Waals surface area (Å²) in [5, 5.41) is 3.61. The summed E-state index contributed by atoms with van der Waals surface area (Å²) >= 11 is 6.75. The second-order valence-corrected chi connectivity index (χ2v) is 6.42. The van der Waals surface area contributed by atoms with Crippen LogP contribution in [-0.2, 0) is 0 Å². The monoisotopic (exact) mass is 443 g/mol. The third-order valence-electron chi connectivity index (χ3n) is 3.31. The second kappa shape index (κ2) is 7.51. The van der Waals surface area contributed by atoms with Gasteiger partial charge in [-0.1, -0.05) is 16.1 Å². The first kappa shape index (κ1) is 20.3. The molecule has 0 spiro atoms. The molecule has 28 heavy (non-hydrogen) atoms. The van der Waals surface area contributed by atoms with Crippen molar-refractivity contribution in [3.05, 3.63) is 53.3 Å². The van der Waals surface area contributed by atoms with Gasteiger partial charge < -0.3 is 9.47 Å². The molecule has 1 aromatic heterocycles. The number of hydrogen-bond donors (Lipinski definition) is 0. The quantitative estimate of drug-likeness (QED) is 0.599. The minimum Gasteiger partial charge on any atom is -0.465 e. The molecule has 0 amide bonds. The Morgan fingerprint density at radius 1 is 1.14 bits per heavy atom. The molecule has 0 fully saturated rings. The van der Waals surface area contributed by atoms with Gasteiger partial charge in [0.25, 0.3) is 0 Å². The van der Waals surface area contributed by atoms with Gasteiger partial charge in [-0.25, -0.2) is 0 Å². The van der Waals surface area contributed by atoms with E-state index in [4.69, 9.17) is 16.3 Å². The Balaban J connectivity index is 1.85. The van der Waals surface area contributed by atoms with Gasteiger partial charge in [-0.15, -0.1) is 18.3 Å². The minimum absolute atomic E-state index is 0.0582. The van der Waals surface area contributed by atoms with Gasteiger partial charge in [0.15, 0.2) is 6.23 Å². The van der Waals surface area contributed by atoms with Gasteiger partial charge in [-0.05, 0) is 24.3 Å². The Bertz CT molecular complexity index is 898. The Hall–Kier alpha value is -2.47. The SMILES string of the molecule is FC(F)(F)Oc1ccc(OC2C=CC(C(F)(F)F)=CN2c2cnns2)c(Cl)c1. The summed E-state index contributed by atoms with van der Waals surface area (Å²) in [5.41, 5.74) is -0.930. The molecule has 1 aliphatic heterocycles. The van der Waals surface area contributed by atoms with E-state index in [0.29, 0.717) is 0 Å². The van der Waals surface area contributed by atoms with Gasteiger partial charge in [0, 0.05) is 23.8 Å². The van der Waals surface area contributed by atoms with Gasteiger partial charge in [0.2, 0.25) is 0 Å². The van der Waals surface area contributed by atoms with Crippen LogP contribution in [0.25, 0.3) is 0 Å². The van der Waals surface area contributed by atoms with Crippen molar-refractivity contribution in [2.45, 2.75) is 18.8 Å². The van der Waals surface area contributed by atoms with E-state index in [1.165, 1.54) is 6.20 Å². The fourth-order valence-corrected chi connectivity index (χ4v) is 2.92. The van der Waals surface area contributed by atoms with Crippen molar-refractivity contribution in [3.8, 4) is 11.5 Å². The summed E-state index contributed by atoms with van der Waals surface area (Å²) in [6, 6.07) is 2.96. The lowest BCUT2D eigenvalue weighted by molar-refractivity contribution is -0.274. The lowest BCUT2D eigenvalue weighted by Crippen LogP contribution is -2.37. The summed E-state index contributed by atoms with van der Waals surface area (Å²) in [7, 11) is 0. The molecular weight excluding hydrogens is 436 g/mol. The largest absolute Gasteiger partial charge is 0.573 e. The van der Waals surface area contributed by atoms with Crippen LogP contribution in [0.1, 0.15) is 0 Å². The Morgan fingerprint density at radius 3 is 2.46 bits per heavy atom. The van der Waals surface area contributed by atoms with Crippen LogP contribution in [0.4, 0.5) is 31.3 Å². The number of allylic oxidation sites excluding steroid dienone is 2. The molecule has 150 valence electrons. The Kier molecular flexibility index (Phi) is 5.44. The average Bonchev–Trinajstić information content (AvgIpc) is 3.09. The highest BCUT2D eigenvalue weighted by Gasteiger charge is 2.36. The van der Waals surface area contributed by atoms with Crippen LogP contribution < -0.4 is 14.4 Å². The van der Waals surface area contributed by atoms with E-state index < -0.39 is 30.1 Å². The van der Waals surface area contributed by atoms with E-state index in [2.05, 4.69) is 14.3 Å². The smallest absolute Gasteiger partial charge is 0.465 e. The van der Waals surface area contributed by atoms with E-state index in [1.54, 1.807) is 0 Å². The number of aromatic nitrogens is 2.